The fourth-order valence-electron chi connectivity index (χ4n) is 3.49. The summed E-state index contributed by atoms with van der Waals surface area (Å²) >= 11 is 0. The Morgan fingerprint density at radius 1 is 1.04 bits per heavy atom. The van der Waals surface area contributed by atoms with Gasteiger partial charge in [0.25, 0.3) is 5.56 Å². The van der Waals surface area contributed by atoms with Crippen LogP contribution in [0.2, 0.25) is 0 Å². The van der Waals surface area contributed by atoms with E-state index in [1.807, 2.05) is 4.57 Å². The Morgan fingerprint density at radius 3 is 2.50 bits per heavy atom. The van der Waals surface area contributed by atoms with E-state index in [1.165, 1.54) is 17.2 Å². The largest absolute Gasteiger partial charge is 0.332 e. The van der Waals surface area contributed by atoms with Gasteiger partial charge in [-0.25, -0.2) is 4.79 Å². The van der Waals surface area contributed by atoms with Gasteiger partial charge in [-0.2, -0.15) is 4.98 Å². The predicted octanol–water partition coefficient (Wildman–Crippen LogP) is 1.20. The first-order valence-corrected chi connectivity index (χ1v) is 7.91. The summed E-state index contributed by atoms with van der Waals surface area (Å²) < 4.78 is 4.48. The van der Waals surface area contributed by atoms with E-state index in [0.717, 1.165) is 28.3 Å². The highest BCUT2D eigenvalue weighted by Gasteiger charge is 2.28. The maximum Gasteiger partial charge on any atom is 0.332 e. The molecule has 0 saturated carbocycles. The number of nitrogens with zero attached hydrogens (tertiary/aromatic N) is 5. The molecule has 0 spiro atoms. The second-order valence-electron chi connectivity index (χ2n) is 6.38. The average Bonchev–Trinajstić information content (AvgIpc) is 3.10. The van der Waals surface area contributed by atoms with E-state index in [-0.39, 0.29) is 11.2 Å². The Balaban J connectivity index is 2.00. The van der Waals surface area contributed by atoms with E-state index in [2.05, 4.69) is 41.9 Å². The molecule has 0 fully saturated rings. The van der Waals surface area contributed by atoms with Gasteiger partial charge in [0.1, 0.15) is 0 Å². The zero-order chi connectivity index (χ0) is 17.2. The molecule has 0 aliphatic carbocycles. The van der Waals surface area contributed by atoms with Gasteiger partial charge in [0.15, 0.2) is 11.2 Å². The van der Waals surface area contributed by atoms with Crippen LogP contribution in [-0.2, 0) is 20.6 Å². The summed E-state index contributed by atoms with van der Waals surface area (Å²) in [6, 6.07) is 6.29. The molecule has 24 heavy (non-hydrogen) atoms. The Morgan fingerprint density at radius 2 is 1.79 bits per heavy atom. The van der Waals surface area contributed by atoms with Crippen molar-refractivity contribution in [2.75, 3.05) is 11.4 Å². The van der Waals surface area contributed by atoms with Crippen LogP contribution >= 0.6 is 0 Å². The summed E-state index contributed by atoms with van der Waals surface area (Å²) in [6.45, 7) is 5.57. The van der Waals surface area contributed by atoms with Crippen LogP contribution in [0.4, 0.5) is 11.6 Å². The number of aryl methyl sites for hydroxylation is 3. The standard InChI is InChI=1S/C17H19N5O2/c1-10-5-6-12(11(2)9-10)21-7-8-22-13-14(18-16(21)22)19(3)17(24)20(4)15(13)23/h5-6,9H,7-8H2,1-4H3. The molecule has 4 rings (SSSR count). The van der Waals surface area contributed by atoms with Crippen molar-refractivity contribution >= 4 is 22.8 Å². The molecule has 0 radical (unpaired) electrons. The first-order chi connectivity index (χ1) is 11.4. The normalized spacial score (nSPS) is 13.8. The molecule has 7 heteroatoms. The highest BCUT2D eigenvalue weighted by atomic mass is 16.2. The van der Waals surface area contributed by atoms with Crippen LogP contribution in [0.3, 0.4) is 0 Å². The Bertz CT molecular complexity index is 1100. The monoisotopic (exact) mass is 325 g/mol. The van der Waals surface area contributed by atoms with Crippen molar-refractivity contribution in [1.82, 2.24) is 18.7 Å². The molecule has 1 aliphatic rings. The molecule has 3 aromatic rings. The van der Waals surface area contributed by atoms with Crippen LogP contribution in [0.15, 0.2) is 27.8 Å². The van der Waals surface area contributed by atoms with Crippen LogP contribution < -0.4 is 16.1 Å². The minimum atomic E-state index is -0.359. The number of anilines is 2. The number of benzene rings is 1. The fourth-order valence-corrected chi connectivity index (χ4v) is 3.49. The summed E-state index contributed by atoms with van der Waals surface area (Å²) in [6.07, 6.45) is 0. The van der Waals surface area contributed by atoms with Gasteiger partial charge in [-0.1, -0.05) is 17.7 Å². The molecule has 0 saturated heterocycles. The first-order valence-electron chi connectivity index (χ1n) is 7.91. The van der Waals surface area contributed by atoms with Crippen LogP contribution in [-0.4, -0.2) is 25.2 Å². The third-order valence-corrected chi connectivity index (χ3v) is 4.76. The summed E-state index contributed by atoms with van der Waals surface area (Å²) in [5.41, 5.74) is 3.72. The third kappa shape index (κ3) is 1.81. The fraction of sp³-hybridized carbons (Fsp3) is 0.353. The Labute approximate surface area is 138 Å². The Hall–Kier alpha value is -2.83. The molecule has 3 heterocycles. The lowest BCUT2D eigenvalue weighted by Gasteiger charge is -2.19. The maximum absolute atomic E-state index is 12.5. The summed E-state index contributed by atoms with van der Waals surface area (Å²) in [5, 5.41) is 0. The highest BCUT2D eigenvalue weighted by Crippen LogP contribution is 2.33. The van der Waals surface area contributed by atoms with E-state index in [1.54, 1.807) is 7.05 Å². The minimum Gasteiger partial charge on any atom is -0.310 e. The molecule has 0 N–H and O–H groups in total. The van der Waals surface area contributed by atoms with Gasteiger partial charge in [-0.05, 0) is 25.5 Å². The number of hydrogen-bond donors (Lipinski definition) is 0. The quantitative estimate of drug-likeness (QED) is 0.674. The molecular formula is C17H19N5O2. The van der Waals surface area contributed by atoms with Crippen LogP contribution in [0, 0.1) is 13.8 Å². The van der Waals surface area contributed by atoms with Crippen molar-refractivity contribution in [3.8, 4) is 0 Å². The molecule has 1 aromatic carbocycles. The number of fused-ring (bicyclic) bond motifs is 3. The minimum absolute atomic E-state index is 0.297. The van der Waals surface area contributed by atoms with E-state index < -0.39 is 0 Å². The van der Waals surface area contributed by atoms with Crippen molar-refractivity contribution in [2.24, 2.45) is 14.1 Å². The molecule has 124 valence electrons. The van der Waals surface area contributed by atoms with Crippen LogP contribution in [0.1, 0.15) is 11.1 Å². The predicted molar refractivity (Wildman–Crippen MR) is 93.1 cm³/mol. The Kier molecular flexibility index (Phi) is 2.97. The summed E-state index contributed by atoms with van der Waals surface area (Å²) in [7, 11) is 3.15. The van der Waals surface area contributed by atoms with Crippen molar-refractivity contribution in [2.45, 2.75) is 20.4 Å². The zero-order valence-corrected chi connectivity index (χ0v) is 14.2. The highest BCUT2D eigenvalue weighted by molar-refractivity contribution is 5.78. The lowest BCUT2D eigenvalue weighted by molar-refractivity contribution is 0.700. The molecule has 0 unspecified atom stereocenters. The van der Waals surface area contributed by atoms with E-state index in [4.69, 9.17) is 0 Å². The van der Waals surface area contributed by atoms with Crippen molar-refractivity contribution in [3.05, 3.63) is 50.2 Å². The molecule has 0 amide bonds. The summed E-state index contributed by atoms with van der Waals surface area (Å²) in [5.74, 6) is 0.718. The lowest BCUT2D eigenvalue weighted by Crippen LogP contribution is -2.37. The topological polar surface area (TPSA) is 65.1 Å². The van der Waals surface area contributed by atoms with Gasteiger partial charge < -0.3 is 9.47 Å². The first kappa shape index (κ1) is 14.7. The van der Waals surface area contributed by atoms with Gasteiger partial charge in [0, 0.05) is 32.9 Å². The molecule has 1 aliphatic heterocycles. The van der Waals surface area contributed by atoms with Crippen molar-refractivity contribution in [3.63, 3.8) is 0 Å². The van der Waals surface area contributed by atoms with Crippen LogP contribution in [0.5, 0.6) is 0 Å². The van der Waals surface area contributed by atoms with Crippen LogP contribution in [0.25, 0.3) is 11.2 Å². The molecule has 0 bridgehead atoms. The summed E-state index contributed by atoms with van der Waals surface area (Å²) in [4.78, 5) is 31.4. The number of hydrogen-bond acceptors (Lipinski definition) is 4. The van der Waals surface area contributed by atoms with Gasteiger partial charge in [-0.15, -0.1) is 0 Å². The van der Waals surface area contributed by atoms with Gasteiger partial charge in [0.2, 0.25) is 5.95 Å². The lowest BCUT2D eigenvalue weighted by atomic mass is 10.1. The van der Waals surface area contributed by atoms with E-state index in [0.29, 0.717) is 17.7 Å². The number of rotatable bonds is 1. The average molecular weight is 325 g/mol. The van der Waals surface area contributed by atoms with Gasteiger partial charge in [0.05, 0.1) is 0 Å². The molecular weight excluding hydrogens is 306 g/mol. The molecule has 2 aromatic heterocycles. The van der Waals surface area contributed by atoms with E-state index in [9.17, 15) is 9.59 Å². The SMILES string of the molecule is Cc1ccc(N2CCn3c2nc2c3c(=O)n(C)c(=O)n2C)c(C)c1. The van der Waals surface area contributed by atoms with E-state index >= 15 is 0 Å². The van der Waals surface area contributed by atoms with Gasteiger partial charge in [-0.3, -0.25) is 13.9 Å². The zero-order valence-electron chi connectivity index (χ0n) is 14.2. The maximum atomic E-state index is 12.5. The number of imidazole rings is 1. The van der Waals surface area contributed by atoms with Crippen molar-refractivity contribution < 1.29 is 0 Å². The van der Waals surface area contributed by atoms with Crippen molar-refractivity contribution in [1.29, 1.82) is 0 Å². The second-order valence-corrected chi connectivity index (χ2v) is 6.38. The second kappa shape index (κ2) is 4.83. The number of aromatic nitrogens is 4. The smallest absolute Gasteiger partial charge is 0.310 e. The third-order valence-electron chi connectivity index (χ3n) is 4.76. The molecule has 7 nitrogen and oxygen atoms in total. The molecule has 0 atom stereocenters. The van der Waals surface area contributed by atoms with Gasteiger partial charge >= 0.3 is 5.69 Å².